The lowest BCUT2D eigenvalue weighted by Gasteiger charge is -2.40. The van der Waals surface area contributed by atoms with E-state index < -0.39 is 0 Å². The summed E-state index contributed by atoms with van der Waals surface area (Å²) in [6.45, 7) is 4.74. The highest BCUT2D eigenvalue weighted by Crippen LogP contribution is 2.60. The SMILES string of the molecule is CC1(C)c2ccccc2-c2ccc(N(c3ccccc3)c3ccc(C4(c5ccc(N(c6ccccc6)c6ccccc6-c6ccccc6)cc5)CC5CCC4C5)cc3)cc21. The minimum Gasteiger partial charge on any atom is -0.310 e. The van der Waals surface area contributed by atoms with Crippen LogP contribution in [0, 0.1) is 11.8 Å². The number of hydrogen-bond acceptors (Lipinski definition) is 2. The van der Waals surface area contributed by atoms with Crippen LogP contribution in [-0.4, -0.2) is 0 Å². The Morgan fingerprint density at radius 3 is 1.53 bits per heavy atom. The van der Waals surface area contributed by atoms with Crippen LogP contribution in [0.2, 0.25) is 0 Å². The highest BCUT2D eigenvalue weighted by Gasteiger charge is 2.52. The van der Waals surface area contributed by atoms with Gasteiger partial charge in [-0.3, -0.25) is 0 Å². The summed E-state index contributed by atoms with van der Waals surface area (Å²) >= 11 is 0. The van der Waals surface area contributed by atoms with E-state index in [9.17, 15) is 0 Å². The van der Waals surface area contributed by atoms with Gasteiger partial charge in [-0.25, -0.2) is 0 Å². The average Bonchev–Trinajstić information content (AvgIpc) is 4.00. The van der Waals surface area contributed by atoms with Gasteiger partial charge in [0.25, 0.3) is 0 Å². The number of rotatable bonds is 9. The van der Waals surface area contributed by atoms with Crippen molar-refractivity contribution in [3.05, 3.63) is 229 Å². The van der Waals surface area contributed by atoms with Crippen LogP contribution in [-0.2, 0) is 10.8 Å². The Balaban J connectivity index is 0.979. The third-order valence-electron chi connectivity index (χ3n) is 14.2. The van der Waals surface area contributed by atoms with Gasteiger partial charge in [0.2, 0.25) is 0 Å². The van der Waals surface area contributed by atoms with Crippen LogP contribution in [0.25, 0.3) is 22.3 Å². The highest BCUT2D eigenvalue weighted by molar-refractivity contribution is 5.88. The zero-order chi connectivity index (χ0) is 40.3. The molecule has 11 rings (SSSR count). The molecule has 8 aromatic rings. The largest absolute Gasteiger partial charge is 0.310 e. The molecule has 0 heterocycles. The van der Waals surface area contributed by atoms with Gasteiger partial charge in [-0.05, 0) is 137 Å². The van der Waals surface area contributed by atoms with Crippen molar-refractivity contribution in [2.75, 3.05) is 9.80 Å². The lowest BCUT2D eigenvalue weighted by atomic mass is 9.64. The summed E-state index contributed by atoms with van der Waals surface area (Å²) in [5.74, 6) is 1.40. The molecule has 3 atom stereocenters. The molecule has 2 saturated carbocycles. The van der Waals surface area contributed by atoms with Crippen molar-refractivity contribution in [1.29, 1.82) is 0 Å². The second kappa shape index (κ2) is 14.6. The van der Waals surface area contributed by atoms with Crippen LogP contribution in [0.3, 0.4) is 0 Å². The molecule has 3 aliphatic rings. The van der Waals surface area contributed by atoms with Gasteiger partial charge in [-0.1, -0.05) is 160 Å². The van der Waals surface area contributed by atoms with E-state index in [2.05, 4.69) is 230 Å². The molecule has 60 heavy (non-hydrogen) atoms. The smallest absolute Gasteiger partial charge is 0.0540 e. The van der Waals surface area contributed by atoms with Gasteiger partial charge in [0.05, 0.1) is 5.69 Å². The maximum atomic E-state index is 2.46. The van der Waals surface area contributed by atoms with Crippen molar-refractivity contribution in [3.63, 3.8) is 0 Å². The zero-order valence-electron chi connectivity index (χ0n) is 34.5. The van der Waals surface area contributed by atoms with E-state index in [4.69, 9.17) is 0 Å². The van der Waals surface area contributed by atoms with Crippen LogP contribution in [0.1, 0.15) is 61.8 Å². The first-order valence-corrected chi connectivity index (χ1v) is 21.8. The lowest BCUT2D eigenvalue weighted by molar-refractivity contribution is 0.320. The number of nitrogens with zero attached hydrogens (tertiary/aromatic N) is 2. The summed E-state index contributed by atoms with van der Waals surface area (Å²) in [6, 6.07) is 76.6. The molecule has 0 aliphatic heterocycles. The fourth-order valence-corrected chi connectivity index (χ4v) is 11.4. The maximum absolute atomic E-state index is 2.46. The summed E-state index contributed by atoms with van der Waals surface area (Å²) in [4.78, 5) is 4.86. The van der Waals surface area contributed by atoms with E-state index in [1.165, 1.54) is 98.6 Å². The average molecular weight is 775 g/mol. The van der Waals surface area contributed by atoms with Crippen molar-refractivity contribution < 1.29 is 0 Å². The Morgan fingerprint density at radius 1 is 0.417 bits per heavy atom. The quantitative estimate of drug-likeness (QED) is 0.144. The number of anilines is 6. The van der Waals surface area contributed by atoms with Gasteiger partial charge in [0, 0.05) is 44.8 Å². The minimum absolute atomic E-state index is 0.0134. The van der Waals surface area contributed by atoms with Crippen LogP contribution >= 0.6 is 0 Å². The van der Waals surface area contributed by atoms with E-state index in [0.29, 0.717) is 5.92 Å². The second-order valence-electron chi connectivity index (χ2n) is 17.8. The van der Waals surface area contributed by atoms with Crippen molar-refractivity contribution in [2.24, 2.45) is 11.8 Å². The molecule has 2 nitrogen and oxygen atoms in total. The molecule has 2 heteroatoms. The summed E-state index contributed by atoms with van der Waals surface area (Å²) in [5.41, 5.74) is 17.8. The molecule has 2 bridgehead atoms. The molecule has 0 aromatic heterocycles. The first-order valence-electron chi connectivity index (χ1n) is 21.8. The second-order valence-corrected chi connectivity index (χ2v) is 17.8. The summed E-state index contributed by atoms with van der Waals surface area (Å²) < 4.78 is 0. The zero-order valence-corrected chi connectivity index (χ0v) is 34.5. The first-order chi connectivity index (χ1) is 29.5. The van der Waals surface area contributed by atoms with Crippen LogP contribution < -0.4 is 9.80 Å². The Kier molecular flexibility index (Phi) is 8.85. The predicted molar refractivity (Wildman–Crippen MR) is 251 cm³/mol. The van der Waals surface area contributed by atoms with E-state index in [-0.39, 0.29) is 10.8 Å². The molecule has 0 spiro atoms. The predicted octanol–water partition coefficient (Wildman–Crippen LogP) is 15.7. The Bertz CT molecular complexity index is 2790. The molecule has 292 valence electrons. The number of hydrogen-bond donors (Lipinski definition) is 0. The number of benzene rings is 8. The van der Waals surface area contributed by atoms with E-state index in [1.54, 1.807) is 0 Å². The van der Waals surface area contributed by atoms with E-state index in [1.807, 2.05) is 0 Å². The molecule has 3 aliphatic carbocycles. The number of para-hydroxylation sites is 3. The monoisotopic (exact) mass is 774 g/mol. The van der Waals surface area contributed by atoms with E-state index in [0.717, 1.165) is 11.6 Å². The number of fused-ring (bicyclic) bond motifs is 5. The molecular formula is C58H50N2. The van der Waals surface area contributed by atoms with Gasteiger partial charge < -0.3 is 9.80 Å². The van der Waals surface area contributed by atoms with Crippen LogP contribution in [0.5, 0.6) is 0 Å². The van der Waals surface area contributed by atoms with Crippen molar-refractivity contribution in [3.8, 4) is 22.3 Å². The molecule has 2 fully saturated rings. The lowest BCUT2D eigenvalue weighted by Crippen LogP contribution is -2.34. The maximum Gasteiger partial charge on any atom is 0.0540 e. The van der Waals surface area contributed by atoms with Crippen molar-refractivity contribution >= 4 is 34.1 Å². The summed E-state index contributed by atoms with van der Waals surface area (Å²) in [6.07, 6.45) is 5.16. The molecule has 0 amide bonds. The molecule has 3 unspecified atom stereocenters. The molecule has 0 radical (unpaired) electrons. The molecule has 8 aromatic carbocycles. The Morgan fingerprint density at radius 2 is 0.917 bits per heavy atom. The van der Waals surface area contributed by atoms with Gasteiger partial charge in [0.15, 0.2) is 0 Å². The normalized spacial score (nSPS) is 19.4. The van der Waals surface area contributed by atoms with Crippen molar-refractivity contribution in [1.82, 2.24) is 0 Å². The summed E-state index contributed by atoms with van der Waals surface area (Å²) in [7, 11) is 0. The fraction of sp³-hybridized carbons (Fsp3) is 0.172. The highest BCUT2D eigenvalue weighted by atomic mass is 15.1. The topological polar surface area (TPSA) is 6.48 Å². The molecular weight excluding hydrogens is 725 g/mol. The minimum atomic E-state index is -0.0682. The fourth-order valence-electron chi connectivity index (χ4n) is 11.4. The van der Waals surface area contributed by atoms with Gasteiger partial charge in [0.1, 0.15) is 0 Å². The molecule has 0 N–H and O–H groups in total. The Labute approximate surface area is 355 Å². The summed E-state index contributed by atoms with van der Waals surface area (Å²) in [5, 5.41) is 0. The van der Waals surface area contributed by atoms with Crippen molar-refractivity contribution in [2.45, 2.75) is 50.4 Å². The third kappa shape index (κ3) is 5.92. The Hall–Kier alpha value is -6.64. The van der Waals surface area contributed by atoms with Gasteiger partial charge in [-0.15, -0.1) is 0 Å². The van der Waals surface area contributed by atoms with E-state index >= 15 is 0 Å². The van der Waals surface area contributed by atoms with Gasteiger partial charge >= 0.3 is 0 Å². The van der Waals surface area contributed by atoms with Crippen LogP contribution in [0.15, 0.2) is 206 Å². The van der Waals surface area contributed by atoms with Gasteiger partial charge in [-0.2, -0.15) is 0 Å². The standard InChI is InChI=1S/C58H50N2/c1-57(2)54-24-14-12-23-52(54)53-37-36-50(39-55(53)57)59(46-18-8-4-9-19-46)48-32-28-43(29-33-48)58(40-41-26-27-45(58)38-41)44-30-34-49(35-31-44)60(47-20-10-5-11-21-47)56-25-15-13-22-51(56)42-16-6-3-7-17-42/h3-25,28-37,39,41,45H,26-27,38,40H2,1-2H3. The third-order valence-corrected chi connectivity index (χ3v) is 14.2. The first kappa shape index (κ1) is 36.4. The molecule has 0 saturated heterocycles. The van der Waals surface area contributed by atoms with Crippen LogP contribution in [0.4, 0.5) is 34.1 Å².